The van der Waals surface area contributed by atoms with Gasteiger partial charge < -0.3 is 10.1 Å². The number of amides is 1. The fraction of sp³-hybridized carbons (Fsp3) is 0.923. The van der Waals surface area contributed by atoms with Crippen molar-refractivity contribution in [3.8, 4) is 0 Å². The van der Waals surface area contributed by atoms with Crippen molar-refractivity contribution in [1.29, 1.82) is 0 Å². The summed E-state index contributed by atoms with van der Waals surface area (Å²) in [5.41, 5.74) is 0. The first kappa shape index (κ1) is 13.3. The van der Waals surface area contributed by atoms with Gasteiger partial charge in [-0.25, -0.2) is 0 Å². The molecule has 0 spiro atoms. The van der Waals surface area contributed by atoms with Crippen molar-refractivity contribution in [2.24, 2.45) is 17.8 Å². The van der Waals surface area contributed by atoms with Crippen LogP contribution in [0.5, 0.6) is 0 Å². The van der Waals surface area contributed by atoms with Crippen LogP contribution in [0, 0.1) is 17.8 Å². The molecule has 4 heteroatoms. The molecule has 0 aromatic rings. The van der Waals surface area contributed by atoms with E-state index in [1.165, 1.54) is 19.3 Å². The van der Waals surface area contributed by atoms with Gasteiger partial charge in [-0.05, 0) is 37.5 Å². The predicted molar refractivity (Wildman–Crippen MR) is 71.2 cm³/mol. The number of alkyl halides is 1. The topological polar surface area (TPSA) is 38.3 Å². The second-order valence-electron chi connectivity index (χ2n) is 5.42. The zero-order valence-corrected chi connectivity index (χ0v) is 12.0. The molecule has 0 aromatic heterocycles. The third kappa shape index (κ3) is 3.22. The van der Waals surface area contributed by atoms with Gasteiger partial charge in [0.1, 0.15) is 0 Å². The van der Waals surface area contributed by atoms with Gasteiger partial charge in [0.05, 0.1) is 12.6 Å². The SMILES string of the molecule is COCC(CCBr)NC(=O)C1CC2CCC1C2. The third-order valence-corrected chi connectivity index (χ3v) is 4.70. The molecule has 0 saturated heterocycles. The number of fused-ring (bicyclic) bond motifs is 2. The number of rotatable bonds is 6. The highest BCUT2D eigenvalue weighted by Crippen LogP contribution is 2.48. The largest absolute Gasteiger partial charge is 0.383 e. The Morgan fingerprint density at radius 2 is 2.29 bits per heavy atom. The Morgan fingerprint density at radius 1 is 1.47 bits per heavy atom. The number of carbonyl (C=O) groups excluding carboxylic acids is 1. The number of nitrogens with one attached hydrogen (secondary N) is 1. The lowest BCUT2D eigenvalue weighted by Crippen LogP contribution is -2.43. The van der Waals surface area contributed by atoms with E-state index in [2.05, 4.69) is 21.2 Å². The molecule has 0 aliphatic heterocycles. The number of hydrogen-bond acceptors (Lipinski definition) is 2. The van der Waals surface area contributed by atoms with Gasteiger partial charge in [0, 0.05) is 18.4 Å². The minimum absolute atomic E-state index is 0.158. The fourth-order valence-corrected chi connectivity index (χ4v) is 3.96. The van der Waals surface area contributed by atoms with Crippen molar-refractivity contribution in [3.05, 3.63) is 0 Å². The maximum atomic E-state index is 12.2. The fourth-order valence-electron chi connectivity index (χ4n) is 3.40. The third-order valence-electron chi connectivity index (χ3n) is 4.25. The van der Waals surface area contributed by atoms with Crippen LogP contribution in [0.3, 0.4) is 0 Å². The van der Waals surface area contributed by atoms with Crippen molar-refractivity contribution in [2.75, 3.05) is 19.0 Å². The molecule has 98 valence electrons. The lowest BCUT2D eigenvalue weighted by atomic mass is 9.88. The molecule has 0 aromatic carbocycles. The van der Waals surface area contributed by atoms with Crippen LogP contribution in [0.25, 0.3) is 0 Å². The van der Waals surface area contributed by atoms with Crippen molar-refractivity contribution in [2.45, 2.75) is 38.1 Å². The molecule has 1 amide bonds. The van der Waals surface area contributed by atoms with Gasteiger partial charge in [-0.1, -0.05) is 22.4 Å². The Labute approximate surface area is 112 Å². The Balaban J connectivity index is 1.82. The molecule has 3 nitrogen and oxygen atoms in total. The second-order valence-corrected chi connectivity index (χ2v) is 6.21. The Morgan fingerprint density at radius 3 is 2.82 bits per heavy atom. The minimum Gasteiger partial charge on any atom is -0.383 e. The van der Waals surface area contributed by atoms with Crippen molar-refractivity contribution < 1.29 is 9.53 Å². The van der Waals surface area contributed by atoms with Gasteiger partial charge in [-0.15, -0.1) is 0 Å². The van der Waals surface area contributed by atoms with E-state index in [9.17, 15) is 4.79 Å². The molecular formula is C13H22BrNO2. The molecule has 0 heterocycles. The van der Waals surface area contributed by atoms with Gasteiger partial charge in [-0.3, -0.25) is 4.79 Å². The van der Waals surface area contributed by atoms with E-state index in [1.807, 2.05) is 0 Å². The standard InChI is InChI=1S/C13H22BrNO2/c1-17-8-11(4-5-14)15-13(16)12-7-9-2-3-10(12)6-9/h9-12H,2-8H2,1H3,(H,15,16). The quantitative estimate of drug-likeness (QED) is 0.765. The van der Waals surface area contributed by atoms with E-state index in [-0.39, 0.29) is 17.9 Å². The molecule has 2 saturated carbocycles. The van der Waals surface area contributed by atoms with Crippen molar-refractivity contribution in [1.82, 2.24) is 5.32 Å². The zero-order valence-electron chi connectivity index (χ0n) is 10.5. The molecular weight excluding hydrogens is 282 g/mol. The molecule has 4 atom stereocenters. The second kappa shape index (κ2) is 6.19. The zero-order chi connectivity index (χ0) is 12.3. The Hall–Kier alpha value is -0.0900. The lowest BCUT2D eigenvalue weighted by molar-refractivity contribution is -0.127. The maximum absolute atomic E-state index is 12.2. The minimum atomic E-state index is 0.158. The van der Waals surface area contributed by atoms with E-state index in [0.29, 0.717) is 12.5 Å². The van der Waals surface area contributed by atoms with Crippen LogP contribution in [-0.4, -0.2) is 31.0 Å². The van der Waals surface area contributed by atoms with Crippen LogP contribution < -0.4 is 5.32 Å². The van der Waals surface area contributed by atoms with Crippen LogP contribution in [-0.2, 0) is 9.53 Å². The number of carbonyl (C=O) groups is 1. The summed E-state index contributed by atoms with van der Waals surface area (Å²) in [4.78, 5) is 12.2. The molecule has 0 radical (unpaired) electrons. The molecule has 2 fully saturated rings. The van der Waals surface area contributed by atoms with Crippen LogP contribution in [0.2, 0.25) is 0 Å². The lowest BCUT2D eigenvalue weighted by Gasteiger charge is -2.24. The molecule has 17 heavy (non-hydrogen) atoms. The number of methoxy groups -OCH3 is 1. The summed E-state index contributed by atoms with van der Waals surface area (Å²) >= 11 is 3.42. The van der Waals surface area contributed by atoms with Gasteiger partial charge in [0.15, 0.2) is 0 Å². The summed E-state index contributed by atoms with van der Waals surface area (Å²) in [6.45, 7) is 0.609. The highest BCUT2D eigenvalue weighted by atomic mass is 79.9. The molecule has 2 aliphatic rings. The van der Waals surface area contributed by atoms with Crippen LogP contribution in [0.15, 0.2) is 0 Å². The summed E-state index contributed by atoms with van der Waals surface area (Å²) in [6.07, 6.45) is 5.93. The Bertz CT molecular complexity index is 266. The molecule has 4 unspecified atom stereocenters. The van der Waals surface area contributed by atoms with Crippen LogP contribution in [0.4, 0.5) is 0 Å². The van der Waals surface area contributed by atoms with E-state index in [1.54, 1.807) is 7.11 Å². The van der Waals surface area contributed by atoms with Crippen molar-refractivity contribution in [3.63, 3.8) is 0 Å². The monoisotopic (exact) mass is 303 g/mol. The van der Waals surface area contributed by atoms with E-state index in [0.717, 1.165) is 24.1 Å². The number of halogens is 1. The van der Waals surface area contributed by atoms with E-state index < -0.39 is 0 Å². The summed E-state index contributed by atoms with van der Waals surface area (Å²) < 4.78 is 5.15. The summed E-state index contributed by atoms with van der Waals surface area (Å²) in [5.74, 6) is 2.03. The highest BCUT2D eigenvalue weighted by molar-refractivity contribution is 9.09. The summed E-state index contributed by atoms with van der Waals surface area (Å²) in [5, 5.41) is 4.05. The molecule has 1 N–H and O–H groups in total. The average Bonchev–Trinajstić information content (AvgIpc) is 2.91. The van der Waals surface area contributed by atoms with Gasteiger partial charge in [0.2, 0.25) is 5.91 Å². The van der Waals surface area contributed by atoms with Crippen LogP contribution >= 0.6 is 15.9 Å². The average molecular weight is 304 g/mol. The van der Waals surface area contributed by atoms with Crippen LogP contribution in [0.1, 0.15) is 32.1 Å². The normalized spacial score (nSPS) is 32.7. The first-order valence-electron chi connectivity index (χ1n) is 6.59. The molecule has 2 aliphatic carbocycles. The van der Waals surface area contributed by atoms with Gasteiger partial charge >= 0.3 is 0 Å². The summed E-state index contributed by atoms with van der Waals surface area (Å²) in [6, 6.07) is 0.158. The first-order chi connectivity index (χ1) is 8.24. The molecule has 2 bridgehead atoms. The number of hydrogen-bond donors (Lipinski definition) is 1. The van der Waals surface area contributed by atoms with Gasteiger partial charge in [0.25, 0.3) is 0 Å². The van der Waals surface area contributed by atoms with E-state index in [4.69, 9.17) is 4.74 Å². The number of ether oxygens (including phenoxy) is 1. The Kier molecular flexibility index (Phi) is 4.86. The van der Waals surface area contributed by atoms with Crippen molar-refractivity contribution >= 4 is 21.8 Å². The maximum Gasteiger partial charge on any atom is 0.223 e. The molecule has 2 rings (SSSR count). The van der Waals surface area contributed by atoms with Gasteiger partial charge in [-0.2, -0.15) is 0 Å². The summed E-state index contributed by atoms with van der Waals surface area (Å²) in [7, 11) is 1.69. The first-order valence-corrected chi connectivity index (χ1v) is 7.72. The highest BCUT2D eigenvalue weighted by Gasteiger charge is 2.43. The van der Waals surface area contributed by atoms with E-state index >= 15 is 0 Å². The smallest absolute Gasteiger partial charge is 0.223 e. The predicted octanol–water partition coefficient (Wildman–Crippen LogP) is 2.34.